The van der Waals surface area contributed by atoms with Crippen molar-refractivity contribution in [2.45, 2.75) is 44.3 Å². The van der Waals surface area contributed by atoms with E-state index in [4.69, 9.17) is 10.5 Å². The molecule has 110 valence electrons. The lowest BCUT2D eigenvalue weighted by molar-refractivity contribution is -0.735. The van der Waals surface area contributed by atoms with E-state index >= 15 is 0 Å². The van der Waals surface area contributed by atoms with Gasteiger partial charge in [0.15, 0.2) is 0 Å². The second kappa shape index (κ2) is 7.36. The predicted octanol–water partition coefficient (Wildman–Crippen LogP) is 0.448. The third kappa shape index (κ3) is 4.29. The van der Waals surface area contributed by atoms with Gasteiger partial charge in [-0.3, -0.25) is 5.73 Å². The summed E-state index contributed by atoms with van der Waals surface area (Å²) >= 11 is 0. The molecule has 2 rings (SSSR count). The van der Waals surface area contributed by atoms with E-state index in [1.165, 1.54) is 17.9 Å². The maximum atomic E-state index is 12.0. The molecule has 0 spiro atoms. The third-order valence-corrected chi connectivity index (χ3v) is 3.58. The summed E-state index contributed by atoms with van der Waals surface area (Å²) in [7, 11) is 0. The van der Waals surface area contributed by atoms with Crippen LogP contribution in [0.2, 0.25) is 0 Å². The van der Waals surface area contributed by atoms with E-state index in [2.05, 4.69) is 11.8 Å². The first-order valence-electron chi connectivity index (χ1n) is 7.22. The van der Waals surface area contributed by atoms with Crippen LogP contribution in [0.15, 0.2) is 0 Å². The molecule has 0 aromatic carbocycles. The molecule has 2 aliphatic rings. The average molecular weight is 280 g/mol. The van der Waals surface area contributed by atoms with Crippen LogP contribution in [0.25, 0.3) is 0 Å². The number of carbonyl (C=O) groups is 1. The van der Waals surface area contributed by atoms with Gasteiger partial charge in [0.2, 0.25) is 0 Å². The van der Waals surface area contributed by atoms with Crippen molar-refractivity contribution in [2.24, 2.45) is 11.7 Å². The van der Waals surface area contributed by atoms with E-state index in [-0.39, 0.29) is 6.04 Å². The molecular weight excluding hydrogens is 258 g/mol. The Labute approximate surface area is 119 Å². The standard InChI is InChI=1S/C14H22N3O3/c15-14(7-10-20-9-2-3-12-5-6-12)17(19)16-8-1-4-13(16)11-18/h11-14H,1,4-10,15H2/q+1. The highest BCUT2D eigenvalue weighted by molar-refractivity contribution is 5.57. The fourth-order valence-corrected chi connectivity index (χ4v) is 2.20. The van der Waals surface area contributed by atoms with E-state index in [1.54, 1.807) is 0 Å². The Hall–Kier alpha value is -1.45. The summed E-state index contributed by atoms with van der Waals surface area (Å²) in [5.74, 6) is 6.64. The quantitative estimate of drug-likeness (QED) is 0.241. The van der Waals surface area contributed by atoms with Gasteiger partial charge in [0.05, 0.1) is 24.5 Å². The van der Waals surface area contributed by atoms with Gasteiger partial charge >= 0.3 is 0 Å². The molecular formula is C14H22N3O3+. The molecule has 0 aromatic heterocycles. The average Bonchev–Trinajstić information content (AvgIpc) is 3.16. The van der Waals surface area contributed by atoms with Gasteiger partial charge in [-0.25, -0.2) is 0 Å². The van der Waals surface area contributed by atoms with Crippen LogP contribution in [0.5, 0.6) is 0 Å². The highest BCUT2D eigenvalue weighted by Crippen LogP contribution is 2.27. The highest BCUT2D eigenvalue weighted by Gasteiger charge is 2.37. The van der Waals surface area contributed by atoms with Crippen LogP contribution in [0, 0.1) is 22.7 Å². The normalized spacial score (nSPS) is 23.1. The van der Waals surface area contributed by atoms with Gasteiger partial charge in [-0.15, -0.1) is 5.01 Å². The molecule has 0 radical (unpaired) electrons. The molecule has 6 heteroatoms. The number of hydrazine groups is 1. The molecule has 2 atom stereocenters. The van der Waals surface area contributed by atoms with Gasteiger partial charge in [0, 0.05) is 5.92 Å². The summed E-state index contributed by atoms with van der Waals surface area (Å²) < 4.78 is 5.34. The van der Waals surface area contributed by atoms with Crippen LogP contribution < -0.4 is 5.73 Å². The van der Waals surface area contributed by atoms with Crippen LogP contribution in [0.1, 0.15) is 32.1 Å². The molecule has 0 amide bonds. The molecule has 2 unspecified atom stereocenters. The van der Waals surface area contributed by atoms with Gasteiger partial charge in [0.25, 0.3) is 6.17 Å². The van der Waals surface area contributed by atoms with Crippen LogP contribution in [0.4, 0.5) is 0 Å². The van der Waals surface area contributed by atoms with Crippen molar-refractivity contribution >= 4 is 6.29 Å². The van der Waals surface area contributed by atoms with Gasteiger partial charge < -0.3 is 9.53 Å². The molecule has 1 saturated carbocycles. The minimum Gasteiger partial charge on any atom is -0.368 e. The van der Waals surface area contributed by atoms with Crippen molar-refractivity contribution in [1.82, 2.24) is 5.01 Å². The molecule has 1 aliphatic heterocycles. The summed E-state index contributed by atoms with van der Waals surface area (Å²) in [5, 5.41) is 1.50. The molecule has 20 heavy (non-hydrogen) atoms. The van der Waals surface area contributed by atoms with Crippen molar-refractivity contribution < 1.29 is 14.4 Å². The minimum atomic E-state index is -0.674. The van der Waals surface area contributed by atoms with Crippen LogP contribution in [0.3, 0.4) is 0 Å². The zero-order chi connectivity index (χ0) is 14.4. The lowest BCUT2D eigenvalue weighted by Crippen LogP contribution is -2.47. The van der Waals surface area contributed by atoms with Crippen LogP contribution in [-0.4, -0.2) is 48.1 Å². The van der Waals surface area contributed by atoms with Gasteiger partial charge in [-0.2, -0.15) is 0 Å². The van der Waals surface area contributed by atoms with Gasteiger partial charge in [-0.1, -0.05) is 11.8 Å². The zero-order valence-corrected chi connectivity index (χ0v) is 11.7. The summed E-state index contributed by atoms with van der Waals surface area (Å²) in [6.45, 7) is 1.38. The molecule has 6 nitrogen and oxygen atoms in total. The number of rotatable bonds is 7. The fraction of sp³-hybridized carbons (Fsp3) is 0.786. The molecule has 0 bridgehead atoms. The second-order valence-electron chi connectivity index (χ2n) is 5.32. The lowest BCUT2D eigenvalue weighted by atomic mass is 10.2. The number of nitroso groups, excluding NO2 is 1. The first kappa shape index (κ1) is 14.9. The molecule has 1 heterocycles. The van der Waals surface area contributed by atoms with E-state index in [0.29, 0.717) is 32.1 Å². The Morgan fingerprint density at radius 1 is 1.45 bits per heavy atom. The van der Waals surface area contributed by atoms with Crippen LogP contribution >= 0.6 is 0 Å². The summed E-state index contributed by atoms with van der Waals surface area (Å²) in [6.07, 6.45) is 4.55. The number of hydrogen-bond acceptors (Lipinski definition) is 4. The maximum absolute atomic E-state index is 12.0. The smallest absolute Gasteiger partial charge is 0.287 e. The SMILES string of the molecule is NC(CCOCC#CC1CC1)[N+](=O)N1CCCC1C=O. The van der Waals surface area contributed by atoms with Crippen molar-refractivity contribution in [3.05, 3.63) is 4.91 Å². The highest BCUT2D eigenvalue weighted by atomic mass is 16.5. The number of nitrogens with zero attached hydrogens (tertiary/aromatic N) is 2. The van der Waals surface area contributed by atoms with E-state index in [1.807, 2.05) is 0 Å². The summed E-state index contributed by atoms with van der Waals surface area (Å²) in [6, 6.07) is -0.330. The summed E-state index contributed by atoms with van der Waals surface area (Å²) in [5.41, 5.74) is 5.83. The molecule has 1 aliphatic carbocycles. The van der Waals surface area contributed by atoms with Crippen molar-refractivity contribution in [1.29, 1.82) is 0 Å². The Morgan fingerprint density at radius 2 is 2.25 bits per heavy atom. The Morgan fingerprint density at radius 3 is 2.95 bits per heavy atom. The number of hydrogen-bond donors (Lipinski definition) is 1. The first-order chi connectivity index (χ1) is 9.72. The van der Waals surface area contributed by atoms with Gasteiger partial charge in [-0.05, 0) is 25.7 Å². The maximum Gasteiger partial charge on any atom is 0.287 e. The van der Waals surface area contributed by atoms with Gasteiger partial charge in [0.1, 0.15) is 23.8 Å². The third-order valence-electron chi connectivity index (χ3n) is 3.58. The Kier molecular flexibility index (Phi) is 5.50. The fourth-order valence-electron chi connectivity index (χ4n) is 2.20. The first-order valence-corrected chi connectivity index (χ1v) is 7.22. The zero-order valence-electron chi connectivity index (χ0n) is 11.7. The summed E-state index contributed by atoms with van der Waals surface area (Å²) in [4.78, 5) is 23.6. The van der Waals surface area contributed by atoms with E-state index in [0.717, 1.165) is 24.0 Å². The van der Waals surface area contributed by atoms with E-state index < -0.39 is 6.17 Å². The number of aldehydes is 1. The predicted molar refractivity (Wildman–Crippen MR) is 73.3 cm³/mol. The Bertz CT molecular complexity index is 412. The molecule has 0 aromatic rings. The second-order valence-corrected chi connectivity index (χ2v) is 5.32. The van der Waals surface area contributed by atoms with Crippen molar-refractivity contribution in [3.8, 4) is 11.8 Å². The van der Waals surface area contributed by atoms with E-state index in [9.17, 15) is 9.70 Å². The molecule has 1 saturated heterocycles. The largest absolute Gasteiger partial charge is 0.368 e. The number of carbonyl (C=O) groups excluding carboxylic acids is 1. The topological polar surface area (TPSA) is 75.6 Å². The molecule has 2 N–H and O–H groups in total. The lowest BCUT2D eigenvalue weighted by Gasteiger charge is -2.15. The van der Waals surface area contributed by atoms with Crippen molar-refractivity contribution in [2.75, 3.05) is 19.8 Å². The monoisotopic (exact) mass is 280 g/mol. The number of nitrogens with two attached hydrogens (primary N) is 1. The van der Waals surface area contributed by atoms with Crippen molar-refractivity contribution in [3.63, 3.8) is 0 Å². The Balaban J connectivity index is 1.63. The minimum absolute atomic E-state index is 0.330. The molecule has 2 fully saturated rings. The van der Waals surface area contributed by atoms with Crippen LogP contribution in [-0.2, 0) is 9.53 Å². The number of ether oxygens (including phenoxy) is 1.